The van der Waals surface area contributed by atoms with Crippen LogP contribution in [-0.4, -0.2) is 4.57 Å². The van der Waals surface area contributed by atoms with Gasteiger partial charge in [-0.25, -0.2) is 0 Å². The molecule has 0 fully saturated rings. The van der Waals surface area contributed by atoms with Crippen LogP contribution in [-0.2, 0) is 16.2 Å². The van der Waals surface area contributed by atoms with Gasteiger partial charge < -0.3 is 8.98 Å². The Balaban J connectivity index is 0.000000142. The first-order valence-electron chi connectivity index (χ1n) is 30.4. The first kappa shape index (κ1) is 55.2. The highest BCUT2D eigenvalue weighted by Crippen LogP contribution is 2.63. The van der Waals surface area contributed by atoms with E-state index in [1.54, 1.807) is 0 Å². The Hall–Kier alpha value is -8.98. The number of benzene rings is 10. The van der Waals surface area contributed by atoms with Crippen molar-refractivity contribution in [2.24, 2.45) is 0 Å². The fourth-order valence-electron chi connectivity index (χ4n) is 15.1. The summed E-state index contributed by atoms with van der Waals surface area (Å²) in [7, 11) is 0. The molecule has 2 heterocycles. The number of aryl methyl sites for hydroxylation is 6. The van der Waals surface area contributed by atoms with Crippen LogP contribution in [0.25, 0.3) is 106 Å². The van der Waals surface area contributed by atoms with Crippen LogP contribution in [0, 0.1) is 48.5 Å². The van der Waals surface area contributed by atoms with Crippen molar-refractivity contribution in [3.63, 3.8) is 0 Å². The fraction of sp³-hybridized carbons (Fsp3) is 0.205. The van der Waals surface area contributed by atoms with Gasteiger partial charge in [-0.05, 0) is 198 Å². The standard InChI is InChI=1S/C43H39N.C31H26O.C9H12/c1-8-15-39-32(9-2)34-23-21-30(25-40(34)44(39)31-17-11-10-12-18-31)36-26-38-42(35-22-20-27(3)24-37(35)43(38,6)7)41(29(36)5)33-19-14-13-16-28(33)4;1-17-14-15-19-22(16-17)31(4,5)27-24(19)25-20-11-7-9-13-23(20)32-29(25)26-18-10-6-8-12-21(18)30(2,3)28(26)27;1-7-4-5-8(2)9(3)6-7/h8-26H,1H2,2-7H3;6-16H,1-5H3;4-6H,1-3H3/b32-9-,39-15+;;. The van der Waals surface area contributed by atoms with Gasteiger partial charge in [0.15, 0.2) is 0 Å². The number of hydrogen-bond donors (Lipinski definition) is 0. The van der Waals surface area contributed by atoms with E-state index in [-0.39, 0.29) is 16.2 Å². The molecule has 0 aliphatic heterocycles. The predicted octanol–water partition coefficient (Wildman–Crippen LogP) is 21.1. The second kappa shape index (κ2) is 20.4. The van der Waals surface area contributed by atoms with E-state index in [9.17, 15) is 0 Å². The van der Waals surface area contributed by atoms with E-state index in [1.807, 2.05) is 6.08 Å². The van der Waals surface area contributed by atoms with Crippen LogP contribution in [0.5, 0.6) is 0 Å². The van der Waals surface area contributed by atoms with Gasteiger partial charge >= 0.3 is 0 Å². The molecule has 2 heteroatoms. The first-order chi connectivity index (χ1) is 40.8. The molecule has 0 unspecified atom stereocenters. The molecular formula is C83H77NO. The van der Waals surface area contributed by atoms with Crippen LogP contribution in [0.1, 0.15) is 121 Å². The van der Waals surface area contributed by atoms with E-state index < -0.39 is 0 Å². The molecule has 0 saturated carbocycles. The van der Waals surface area contributed by atoms with Crippen LogP contribution in [0.3, 0.4) is 0 Å². The van der Waals surface area contributed by atoms with Crippen LogP contribution in [0.4, 0.5) is 0 Å². The van der Waals surface area contributed by atoms with Gasteiger partial charge in [0.25, 0.3) is 0 Å². The molecule has 420 valence electrons. The number of rotatable bonds is 4. The highest BCUT2D eigenvalue weighted by atomic mass is 16.3. The molecule has 0 bridgehead atoms. The quantitative estimate of drug-likeness (QED) is 0.172. The smallest absolute Gasteiger partial charge is 0.144 e. The van der Waals surface area contributed by atoms with Crippen molar-refractivity contribution in [2.75, 3.05) is 0 Å². The Morgan fingerprint density at radius 2 is 1.02 bits per heavy atom. The van der Waals surface area contributed by atoms with Crippen LogP contribution < -0.4 is 10.6 Å². The van der Waals surface area contributed by atoms with Crippen molar-refractivity contribution in [1.29, 1.82) is 0 Å². The van der Waals surface area contributed by atoms with Crippen LogP contribution in [0.2, 0.25) is 0 Å². The number of furan rings is 1. The molecule has 2 aromatic heterocycles. The molecule has 3 aliphatic carbocycles. The van der Waals surface area contributed by atoms with Gasteiger partial charge in [-0.2, -0.15) is 0 Å². The first-order valence-corrected chi connectivity index (χ1v) is 30.4. The number of allylic oxidation sites excluding steroid dienone is 1. The molecule has 10 aromatic carbocycles. The third-order valence-corrected chi connectivity index (χ3v) is 19.5. The highest BCUT2D eigenvalue weighted by Gasteiger charge is 2.48. The predicted molar refractivity (Wildman–Crippen MR) is 364 cm³/mol. The largest absolute Gasteiger partial charge is 0.455 e. The Kier molecular flexibility index (Phi) is 13.2. The average Bonchev–Trinajstić information content (AvgIpc) is 1.54. The molecule has 0 N–H and O–H groups in total. The second-order valence-corrected chi connectivity index (χ2v) is 26.0. The third-order valence-electron chi connectivity index (χ3n) is 19.5. The molecule has 0 amide bonds. The fourth-order valence-corrected chi connectivity index (χ4v) is 15.1. The normalized spacial score (nSPS) is 14.7. The van der Waals surface area contributed by atoms with Crippen molar-refractivity contribution < 1.29 is 4.42 Å². The molecule has 0 atom stereocenters. The summed E-state index contributed by atoms with van der Waals surface area (Å²) in [5.74, 6) is 0. The second-order valence-electron chi connectivity index (χ2n) is 26.0. The van der Waals surface area contributed by atoms with Gasteiger partial charge in [0.05, 0.1) is 10.9 Å². The number of nitrogens with zero attached hydrogens (tertiary/aromatic N) is 1. The molecule has 85 heavy (non-hydrogen) atoms. The average molecular weight is 1100 g/mol. The minimum absolute atomic E-state index is 0.0767. The summed E-state index contributed by atoms with van der Waals surface area (Å²) in [5.41, 5.74) is 35.3. The van der Waals surface area contributed by atoms with E-state index in [2.05, 4.69) is 302 Å². The van der Waals surface area contributed by atoms with Gasteiger partial charge in [-0.3, -0.25) is 0 Å². The zero-order chi connectivity index (χ0) is 59.6. The molecule has 2 nitrogen and oxygen atoms in total. The monoisotopic (exact) mass is 1100 g/mol. The van der Waals surface area contributed by atoms with Crippen molar-refractivity contribution in [1.82, 2.24) is 4.57 Å². The van der Waals surface area contributed by atoms with Gasteiger partial charge in [0.2, 0.25) is 0 Å². The zero-order valence-corrected chi connectivity index (χ0v) is 52.1. The minimum atomic E-state index is -0.110. The zero-order valence-electron chi connectivity index (χ0n) is 52.1. The van der Waals surface area contributed by atoms with E-state index in [0.717, 1.165) is 22.2 Å². The summed E-state index contributed by atoms with van der Waals surface area (Å²) >= 11 is 0. The molecule has 15 rings (SSSR count). The van der Waals surface area contributed by atoms with E-state index in [4.69, 9.17) is 4.42 Å². The molecule has 0 radical (unpaired) electrons. The number of hydrogen-bond acceptors (Lipinski definition) is 1. The lowest BCUT2D eigenvalue weighted by molar-refractivity contribution is 0.600. The van der Waals surface area contributed by atoms with Crippen molar-refractivity contribution in [3.05, 3.63) is 278 Å². The number of aromatic nitrogens is 1. The van der Waals surface area contributed by atoms with E-state index in [0.29, 0.717) is 0 Å². The summed E-state index contributed by atoms with van der Waals surface area (Å²) in [6.45, 7) is 35.9. The summed E-state index contributed by atoms with van der Waals surface area (Å²) in [5, 5.41) is 6.12. The summed E-state index contributed by atoms with van der Waals surface area (Å²) in [6, 6.07) is 67.0. The number of para-hydroxylation sites is 2. The molecular weight excluding hydrogens is 1030 g/mol. The van der Waals surface area contributed by atoms with Gasteiger partial charge in [0.1, 0.15) is 11.2 Å². The SMILES string of the molecule is C=C/C=c1\c(=C/C)c2ccc(-c3cc4c(c(-c5ccccc5C)c3C)-c3ccc(C)cc3C4(C)C)cc2n1-c1ccccc1.Cc1ccc(C)c(C)c1.Cc1ccc2c(c1)C(C)(C)c1c3c(c4oc5ccccc5c4c1-2)-c1ccccc1C3(C)C. The maximum Gasteiger partial charge on any atom is 0.144 e. The molecule has 0 saturated heterocycles. The van der Waals surface area contributed by atoms with Gasteiger partial charge in [-0.1, -0.05) is 229 Å². The number of fused-ring (bicyclic) bond motifs is 16. The third kappa shape index (κ3) is 8.49. The Labute approximate surface area is 503 Å². The van der Waals surface area contributed by atoms with E-state index in [1.165, 1.54) is 155 Å². The maximum atomic E-state index is 6.68. The topological polar surface area (TPSA) is 18.1 Å². The Bertz CT molecular complexity index is 4890. The molecule has 3 aliphatic rings. The highest BCUT2D eigenvalue weighted by molar-refractivity contribution is 6.20. The van der Waals surface area contributed by atoms with Crippen LogP contribution in [0.15, 0.2) is 199 Å². The van der Waals surface area contributed by atoms with Crippen LogP contribution >= 0.6 is 0 Å². The van der Waals surface area contributed by atoms with Crippen molar-refractivity contribution in [2.45, 2.75) is 113 Å². The molecule has 12 aromatic rings. The Morgan fingerprint density at radius 3 is 1.71 bits per heavy atom. The molecule has 0 spiro atoms. The minimum Gasteiger partial charge on any atom is -0.455 e. The summed E-state index contributed by atoms with van der Waals surface area (Å²) in [4.78, 5) is 0. The van der Waals surface area contributed by atoms with Crippen molar-refractivity contribution >= 4 is 45.0 Å². The lowest BCUT2D eigenvalue weighted by atomic mass is 9.72. The van der Waals surface area contributed by atoms with Crippen molar-refractivity contribution in [3.8, 4) is 61.3 Å². The van der Waals surface area contributed by atoms with E-state index >= 15 is 0 Å². The summed E-state index contributed by atoms with van der Waals surface area (Å²) < 4.78 is 9.06. The van der Waals surface area contributed by atoms with Gasteiger partial charge in [0, 0.05) is 48.9 Å². The maximum absolute atomic E-state index is 6.68. The summed E-state index contributed by atoms with van der Waals surface area (Å²) in [6.07, 6.45) is 6.23. The lowest BCUT2D eigenvalue weighted by Crippen LogP contribution is -2.27. The lowest BCUT2D eigenvalue weighted by Gasteiger charge is -2.31. The Morgan fingerprint density at radius 1 is 0.435 bits per heavy atom. The van der Waals surface area contributed by atoms with Gasteiger partial charge in [-0.15, -0.1) is 0 Å².